The van der Waals surface area contributed by atoms with Gasteiger partial charge in [-0.05, 0) is 18.2 Å². The molecule has 2 rings (SSSR count). The molecule has 0 unspecified atom stereocenters. The molecule has 1 N–H and O–H groups in total. The normalized spacial score (nSPS) is 11.3. The monoisotopic (exact) mass is 301 g/mol. The van der Waals surface area contributed by atoms with E-state index in [1.54, 1.807) is 0 Å². The minimum absolute atomic E-state index is 0.0367. The van der Waals surface area contributed by atoms with Gasteiger partial charge in [-0.25, -0.2) is 12.8 Å². The zero-order valence-electron chi connectivity index (χ0n) is 9.62. The fraction of sp³-hybridized carbons (Fsp3) is 0.100. The molecule has 0 spiro atoms. The summed E-state index contributed by atoms with van der Waals surface area (Å²) in [5.41, 5.74) is 0.108. The van der Waals surface area contributed by atoms with Crippen molar-refractivity contribution in [2.75, 3.05) is 11.6 Å². The van der Waals surface area contributed by atoms with Crippen LogP contribution < -0.4 is 5.32 Å². The van der Waals surface area contributed by atoms with Gasteiger partial charge in [-0.3, -0.25) is 10.1 Å². The van der Waals surface area contributed by atoms with E-state index in [9.17, 15) is 17.6 Å². The van der Waals surface area contributed by atoms with Crippen LogP contribution in [-0.4, -0.2) is 29.9 Å². The van der Waals surface area contributed by atoms with E-state index in [0.717, 1.165) is 23.9 Å². The Balaban J connectivity index is 2.18. The summed E-state index contributed by atoms with van der Waals surface area (Å²) >= 11 is 0.738. The zero-order chi connectivity index (χ0) is 14.0. The van der Waals surface area contributed by atoms with Gasteiger partial charge in [-0.15, -0.1) is 0 Å². The summed E-state index contributed by atoms with van der Waals surface area (Å²) in [7, 11) is -3.51. The van der Waals surface area contributed by atoms with Crippen molar-refractivity contribution >= 4 is 32.4 Å². The number of nitrogens with one attached hydrogen (secondary N) is 1. The van der Waals surface area contributed by atoms with E-state index in [4.69, 9.17) is 0 Å². The van der Waals surface area contributed by atoms with Gasteiger partial charge in [-0.2, -0.15) is 9.36 Å². The standard InChI is InChI=1S/C10H8FN3O3S2/c1-19(16,17)10-13-9(18-14-10)12-8(15)6-3-2-4-7(11)5-6/h2-5H,1H3,(H,12,13,14,15). The molecule has 0 aliphatic carbocycles. The van der Waals surface area contributed by atoms with Crippen LogP contribution in [0.4, 0.5) is 9.52 Å². The lowest BCUT2D eigenvalue weighted by Crippen LogP contribution is -2.12. The third-order valence-electron chi connectivity index (χ3n) is 2.05. The van der Waals surface area contributed by atoms with Crippen LogP contribution in [0.5, 0.6) is 0 Å². The maximum absolute atomic E-state index is 12.9. The third-order valence-corrected chi connectivity index (χ3v) is 3.64. The maximum Gasteiger partial charge on any atom is 0.260 e. The lowest BCUT2D eigenvalue weighted by atomic mass is 10.2. The average Bonchev–Trinajstić information content (AvgIpc) is 2.77. The summed E-state index contributed by atoms with van der Waals surface area (Å²) in [6, 6.07) is 5.10. The number of benzene rings is 1. The van der Waals surface area contributed by atoms with Crippen molar-refractivity contribution in [2.24, 2.45) is 0 Å². The van der Waals surface area contributed by atoms with Crippen LogP contribution in [0.3, 0.4) is 0 Å². The number of nitrogens with zero attached hydrogens (tertiary/aromatic N) is 2. The number of rotatable bonds is 3. The molecule has 1 heterocycles. The zero-order valence-corrected chi connectivity index (χ0v) is 11.3. The Morgan fingerprint density at radius 1 is 1.42 bits per heavy atom. The predicted molar refractivity (Wildman–Crippen MR) is 67.4 cm³/mol. The molecular weight excluding hydrogens is 293 g/mol. The minimum atomic E-state index is -3.51. The molecule has 100 valence electrons. The third kappa shape index (κ3) is 3.32. The van der Waals surface area contributed by atoms with E-state index in [2.05, 4.69) is 14.7 Å². The Morgan fingerprint density at radius 2 is 2.16 bits per heavy atom. The second-order valence-electron chi connectivity index (χ2n) is 3.62. The number of halogens is 1. The highest BCUT2D eigenvalue weighted by molar-refractivity contribution is 7.90. The molecule has 0 aliphatic heterocycles. The van der Waals surface area contributed by atoms with E-state index in [-0.39, 0.29) is 15.9 Å². The van der Waals surface area contributed by atoms with Gasteiger partial charge in [0.05, 0.1) is 0 Å². The first-order valence-electron chi connectivity index (χ1n) is 4.97. The molecule has 2 aromatic rings. The molecule has 0 bridgehead atoms. The molecule has 0 saturated carbocycles. The molecule has 0 fully saturated rings. The van der Waals surface area contributed by atoms with Gasteiger partial charge in [0.15, 0.2) is 0 Å². The Bertz CT molecular complexity index is 727. The number of amides is 1. The number of hydrogen-bond acceptors (Lipinski definition) is 6. The van der Waals surface area contributed by atoms with Crippen LogP contribution in [-0.2, 0) is 9.84 Å². The molecule has 1 aromatic carbocycles. The van der Waals surface area contributed by atoms with Crippen molar-refractivity contribution in [3.8, 4) is 0 Å². The van der Waals surface area contributed by atoms with Crippen molar-refractivity contribution in [3.63, 3.8) is 0 Å². The smallest absolute Gasteiger partial charge is 0.260 e. The first-order chi connectivity index (χ1) is 8.86. The van der Waals surface area contributed by atoms with Crippen LogP contribution in [0.25, 0.3) is 0 Å². The van der Waals surface area contributed by atoms with Crippen molar-refractivity contribution in [1.82, 2.24) is 9.36 Å². The van der Waals surface area contributed by atoms with Gasteiger partial charge in [0.25, 0.3) is 11.1 Å². The first kappa shape index (κ1) is 13.6. The lowest BCUT2D eigenvalue weighted by molar-refractivity contribution is 0.102. The Labute approximate surface area is 112 Å². The number of aromatic nitrogens is 2. The summed E-state index contributed by atoms with van der Waals surface area (Å²) < 4.78 is 38.9. The van der Waals surface area contributed by atoms with Crippen LogP contribution in [0, 0.1) is 5.82 Å². The van der Waals surface area contributed by atoms with Crippen molar-refractivity contribution in [2.45, 2.75) is 5.16 Å². The molecule has 9 heteroatoms. The van der Waals surface area contributed by atoms with Gasteiger partial charge >= 0.3 is 0 Å². The predicted octanol–water partition coefficient (Wildman–Crippen LogP) is 1.33. The molecular formula is C10H8FN3O3S2. The van der Waals surface area contributed by atoms with Crippen molar-refractivity contribution < 1.29 is 17.6 Å². The van der Waals surface area contributed by atoms with Crippen LogP contribution >= 0.6 is 11.5 Å². The molecule has 19 heavy (non-hydrogen) atoms. The summed E-state index contributed by atoms with van der Waals surface area (Å²) in [5.74, 6) is -1.13. The van der Waals surface area contributed by atoms with Crippen molar-refractivity contribution in [1.29, 1.82) is 0 Å². The molecule has 1 aromatic heterocycles. The highest BCUT2D eigenvalue weighted by Crippen LogP contribution is 2.15. The summed E-state index contributed by atoms with van der Waals surface area (Å²) in [5, 5.41) is 2.03. The Morgan fingerprint density at radius 3 is 2.74 bits per heavy atom. The van der Waals surface area contributed by atoms with Crippen LogP contribution in [0.15, 0.2) is 29.4 Å². The molecule has 0 atom stereocenters. The van der Waals surface area contributed by atoms with E-state index in [1.165, 1.54) is 18.2 Å². The molecule has 0 saturated heterocycles. The van der Waals surface area contributed by atoms with Gasteiger partial charge in [0.2, 0.25) is 15.0 Å². The fourth-order valence-corrected chi connectivity index (χ4v) is 2.65. The van der Waals surface area contributed by atoms with Gasteiger partial charge in [0.1, 0.15) is 5.82 Å². The minimum Gasteiger partial charge on any atom is -0.297 e. The van der Waals surface area contributed by atoms with Gasteiger partial charge < -0.3 is 0 Å². The fourth-order valence-electron chi connectivity index (χ4n) is 1.21. The van der Waals surface area contributed by atoms with Crippen LogP contribution in [0.1, 0.15) is 10.4 Å². The van der Waals surface area contributed by atoms with Gasteiger partial charge in [0, 0.05) is 23.4 Å². The quantitative estimate of drug-likeness (QED) is 0.924. The summed E-state index contributed by atoms with van der Waals surface area (Å²) in [4.78, 5) is 15.4. The topological polar surface area (TPSA) is 89.0 Å². The van der Waals surface area contributed by atoms with Crippen molar-refractivity contribution in [3.05, 3.63) is 35.6 Å². The molecule has 1 amide bonds. The van der Waals surface area contributed by atoms with E-state index in [0.29, 0.717) is 0 Å². The highest BCUT2D eigenvalue weighted by Gasteiger charge is 2.16. The number of carbonyl (C=O) groups is 1. The van der Waals surface area contributed by atoms with Crippen LogP contribution in [0.2, 0.25) is 0 Å². The second kappa shape index (κ2) is 5.02. The second-order valence-corrected chi connectivity index (χ2v) is 6.28. The highest BCUT2D eigenvalue weighted by atomic mass is 32.2. The SMILES string of the molecule is CS(=O)(=O)c1nsc(NC(=O)c2cccc(F)c2)n1. The maximum atomic E-state index is 12.9. The Kier molecular flexibility index (Phi) is 3.58. The number of carbonyl (C=O) groups excluding carboxylic acids is 1. The Hall–Kier alpha value is -1.87. The lowest BCUT2D eigenvalue weighted by Gasteiger charge is -2.00. The van der Waals surface area contributed by atoms with Gasteiger partial charge in [-0.1, -0.05) is 6.07 Å². The van der Waals surface area contributed by atoms with E-state index >= 15 is 0 Å². The summed E-state index contributed by atoms with van der Waals surface area (Å²) in [6.07, 6.45) is 0.966. The number of anilines is 1. The first-order valence-corrected chi connectivity index (χ1v) is 7.63. The van der Waals surface area contributed by atoms with E-state index in [1.807, 2.05) is 0 Å². The molecule has 0 radical (unpaired) electrons. The largest absolute Gasteiger partial charge is 0.297 e. The number of hydrogen-bond donors (Lipinski definition) is 1. The number of sulfone groups is 1. The molecule has 6 nitrogen and oxygen atoms in total. The molecule has 0 aliphatic rings. The van der Waals surface area contributed by atoms with E-state index < -0.39 is 21.6 Å². The summed E-state index contributed by atoms with van der Waals surface area (Å²) in [6.45, 7) is 0. The average molecular weight is 301 g/mol.